The van der Waals surface area contributed by atoms with Crippen LogP contribution in [-0.2, 0) is 0 Å². The van der Waals surface area contributed by atoms with E-state index in [-0.39, 0.29) is 5.69 Å². The summed E-state index contributed by atoms with van der Waals surface area (Å²) in [5.74, 6) is 2.42. The van der Waals surface area contributed by atoms with Crippen LogP contribution in [-0.4, -0.2) is 47.5 Å². The molecule has 1 atom stereocenters. The third kappa shape index (κ3) is 4.19. The van der Waals surface area contributed by atoms with Gasteiger partial charge in [0.2, 0.25) is 0 Å². The number of nitro groups is 1. The fraction of sp³-hybridized carbons (Fsp3) is 0.706. The highest BCUT2D eigenvalue weighted by molar-refractivity contribution is 5.43. The molecule has 3 rings (SSSR count). The van der Waals surface area contributed by atoms with Crippen LogP contribution in [0.4, 0.5) is 11.5 Å². The van der Waals surface area contributed by atoms with E-state index in [0.717, 1.165) is 24.8 Å². The Morgan fingerprint density at radius 2 is 2.04 bits per heavy atom. The summed E-state index contributed by atoms with van der Waals surface area (Å²) in [5.41, 5.74) is 0.0599. The van der Waals surface area contributed by atoms with Crippen molar-refractivity contribution in [2.45, 2.75) is 32.6 Å². The molecule has 0 aromatic carbocycles. The van der Waals surface area contributed by atoms with Crippen LogP contribution in [0.15, 0.2) is 18.3 Å². The van der Waals surface area contributed by atoms with E-state index in [1.54, 1.807) is 12.1 Å². The highest BCUT2D eigenvalue weighted by Gasteiger charge is 2.25. The standard InChI is InChI=1S/C17H26N4O2/c1-14-6-9-19(10-7-14)12-15-3-2-8-20(13-15)17-5-4-16(11-18-17)21(22)23/h4-5,11,14-15H,2-3,6-10,12-13H2,1H3. The Bertz CT molecular complexity index is 526. The van der Waals surface area contributed by atoms with Gasteiger partial charge in [-0.3, -0.25) is 10.1 Å². The van der Waals surface area contributed by atoms with E-state index < -0.39 is 4.92 Å². The topological polar surface area (TPSA) is 62.5 Å². The van der Waals surface area contributed by atoms with Crippen LogP contribution >= 0.6 is 0 Å². The zero-order valence-corrected chi connectivity index (χ0v) is 13.9. The fourth-order valence-electron chi connectivity index (χ4n) is 3.71. The van der Waals surface area contributed by atoms with E-state index in [1.165, 1.54) is 51.5 Å². The lowest BCUT2D eigenvalue weighted by Gasteiger charge is -2.38. The van der Waals surface area contributed by atoms with E-state index in [0.29, 0.717) is 5.92 Å². The van der Waals surface area contributed by atoms with Crippen molar-refractivity contribution in [3.63, 3.8) is 0 Å². The molecule has 23 heavy (non-hydrogen) atoms. The van der Waals surface area contributed by atoms with Crippen LogP contribution in [0.25, 0.3) is 0 Å². The summed E-state index contributed by atoms with van der Waals surface area (Å²) >= 11 is 0. The van der Waals surface area contributed by atoms with E-state index in [4.69, 9.17) is 0 Å². The molecule has 6 nitrogen and oxygen atoms in total. The van der Waals surface area contributed by atoms with Gasteiger partial charge in [-0.1, -0.05) is 6.92 Å². The second-order valence-electron chi connectivity index (χ2n) is 7.07. The van der Waals surface area contributed by atoms with E-state index in [2.05, 4.69) is 21.7 Å². The van der Waals surface area contributed by atoms with Crippen molar-refractivity contribution in [3.8, 4) is 0 Å². The van der Waals surface area contributed by atoms with Gasteiger partial charge in [0.25, 0.3) is 5.69 Å². The van der Waals surface area contributed by atoms with E-state index >= 15 is 0 Å². The van der Waals surface area contributed by atoms with Crippen molar-refractivity contribution in [2.24, 2.45) is 11.8 Å². The Kier molecular flexibility index (Phi) is 5.10. The lowest BCUT2D eigenvalue weighted by Crippen LogP contribution is -2.43. The van der Waals surface area contributed by atoms with E-state index in [9.17, 15) is 10.1 Å². The quantitative estimate of drug-likeness (QED) is 0.631. The molecule has 0 N–H and O–H groups in total. The summed E-state index contributed by atoms with van der Waals surface area (Å²) in [6, 6.07) is 3.33. The highest BCUT2D eigenvalue weighted by atomic mass is 16.6. The summed E-state index contributed by atoms with van der Waals surface area (Å²) in [7, 11) is 0. The van der Waals surface area contributed by atoms with Crippen molar-refractivity contribution in [3.05, 3.63) is 28.4 Å². The molecule has 2 saturated heterocycles. The molecule has 0 aliphatic carbocycles. The molecular formula is C17H26N4O2. The lowest BCUT2D eigenvalue weighted by molar-refractivity contribution is -0.385. The van der Waals surface area contributed by atoms with Gasteiger partial charge < -0.3 is 9.80 Å². The van der Waals surface area contributed by atoms with Gasteiger partial charge in [-0.15, -0.1) is 0 Å². The average Bonchev–Trinajstić information content (AvgIpc) is 2.57. The number of hydrogen-bond acceptors (Lipinski definition) is 5. The molecule has 126 valence electrons. The van der Waals surface area contributed by atoms with Crippen molar-refractivity contribution in [1.82, 2.24) is 9.88 Å². The van der Waals surface area contributed by atoms with Crippen molar-refractivity contribution in [2.75, 3.05) is 37.6 Å². The molecule has 0 bridgehead atoms. The Labute approximate surface area is 137 Å². The minimum Gasteiger partial charge on any atom is -0.356 e. The summed E-state index contributed by atoms with van der Waals surface area (Å²) in [4.78, 5) is 19.5. The van der Waals surface area contributed by atoms with Crippen LogP contribution in [0.2, 0.25) is 0 Å². The fourth-order valence-corrected chi connectivity index (χ4v) is 3.71. The Morgan fingerprint density at radius 1 is 1.26 bits per heavy atom. The SMILES string of the molecule is CC1CCN(CC2CCCN(c3ccc([N+](=O)[O-])cn3)C2)CC1. The first-order valence-electron chi connectivity index (χ1n) is 8.69. The maximum atomic E-state index is 10.7. The largest absolute Gasteiger partial charge is 0.356 e. The van der Waals surface area contributed by atoms with Crippen LogP contribution in [0.3, 0.4) is 0 Å². The highest BCUT2D eigenvalue weighted by Crippen LogP contribution is 2.25. The van der Waals surface area contributed by atoms with Crippen LogP contribution < -0.4 is 4.90 Å². The second kappa shape index (κ2) is 7.25. The van der Waals surface area contributed by atoms with Crippen molar-refractivity contribution in [1.29, 1.82) is 0 Å². The number of nitrogens with zero attached hydrogens (tertiary/aromatic N) is 4. The Hall–Kier alpha value is -1.69. The van der Waals surface area contributed by atoms with Gasteiger partial charge in [0, 0.05) is 25.7 Å². The number of piperidine rings is 2. The van der Waals surface area contributed by atoms with Gasteiger partial charge in [0.05, 0.1) is 4.92 Å². The Morgan fingerprint density at radius 3 is 2.70 bits per heavy atom. The van der Waals surface area contributed by atoms with Gasteiger partial charge >= 0.3 is 0 Å². The molecule has 1 aromatic heterocycles. The maximum absolute atomic E-state index is 10.7. The summed E-state index contributed by atoms with van der Waals surface area (Å²) in [6.07, 6.45) is 6.45. The first-order chi connectivity index (χ1) is 11.1. The minimum atomic E-state index is -0.396. The monoisotopic (exact) mass is 318 g/mol. The molecular weight excluding hydrogens is 292 g/mol. The van der Waals surface area contributed by atoms with Crippen molar-refractivity contribution < 1.29 is 4.92 Å². The smallest absolute Gasteiger partial charge is 0.287 e. The summed E-state index contributed by atoms with van der Waals surface area (Å²) < 4.78 is 0. The summed E-state index contributed by atoms with van der Waals surface area (Å²) in [6.45, 7) is 7.99. The maximum Gasteiger partial charge on any atom is 0.287 e. The van der Waals surface area contributed by atoms with E-state index in [1.807, 2.05) is 0 Å². The number of aromatic nitrogens is 1. The zero-order valence-electron chi connectivity index (χ0n) is 13.9. The molecule has 0 spiro atoms. The third-order valence-corrected chi connectivity index (χ3v) is 5.18. The molecule has 0 saturated carbocycles. The van der Waals surface area contributed by atoms with Crippen LogP contribution in [0.1, 0.15) is 32.6 Å². The molecule has 6 heteroatoms. The third-order valence-electron chi connectivity index (χ3n) is 5.18. The first-order valence-corrected chi connectivity index (χ1v) is 8.69. The number of anilines is 1. The second-order valence-corrected chi connectivity index (χ2v) is 7.07. The number of rotatable bonds is 4. The van der Waals surface area contributed by atoms with Gasteiger partial charge in [0.1, 0.15) is 12.0 Å². The minimum absolute atomic E-state index is 0.0599. The van der Waals surface area contributed by atoms with Crippen molar-refractivity contribution >= 4 is 11.5 Å². The van der Waals surface area contributed by atoms with Crippen LogP contribution in [0.5, 0.6) is 0 Å². The molecule has 3 heterocycles. The molecule has 1 unspecified atom stereocenters. The number of pyridine rings is 1. The normalized spacial score (nSPS) is 23.9. The molecule has 0 amide bonds. The van der Waals surface area contributed by atoms with Gasteiger partial charge in [-0.05, 0) is 56.7 Å². The van der Waals surface area contributed by atoms with Gasteiger partial charge in [-0.2, -0.15) is 0 Å². The number of likely N-dealkylation sites (tertiary alicyclic amines) is 1. The summed E-state index contributed by atoms with van der Waals surface area (Å²) in [5, 5.41) is 10.7. The molecule has 2 aliphatic heterocycles. The van der Waals surface area contributed by atoms with Crippen LogP contribution in [0, 0.1) is 22.0 Å². The molecule has 1 aromatic rings. The average molecular weight is 318 g/mol. The lowest BCUT2D eigenvalue weighted by atomic mass is 9.94. The molecule has 0 radical (unpaired) electrons. The van der Waals surface area contributed by atoms with Gasteiger partial charge in [0.15, 0.2) is 0 Å². The zero-order chi connectivity index (χ0) is 16.2. The molecule has 2 fully saturated rings. The number of hydrogen-bond donors (Lipinski definition) is 0. The predicted octanol–water partition coefficient (Wildman–Crippen LogP) is 2.94. The Balaban J connectivity index is 1.56. The first kappa shape index (κ1) is 16.2. The van der Waals surface area contributed by atoms with Gasteiger partial charge in [-0.25, -0.2) is 4.98 Å². The molecule has 2 aliphatic rings. The predicted molar refractivity (Wildman–Crippen MR) is 90.7 cm³/mol.